The summed E-state index contributed by atoms with van der Waals surface area (Å²) in [6.07, 6.45) is 1.25. The molecular formula is C18H15FN2O. The van der Waals surface area contributed by atoms with Gasteiger partial charge in [0.1, 0.15) is 17.5 Å². The van der Waals surface area contributed by atoms with Gasteiger partial charge in [-0.2, -0.15) is 5.26 Å². The Morgan fingerprint density at radius 3 is 2.45 bits per heavy atom. The molecule has 1 amide bonds. The van der Waals surface area contributed by atoms with Gasteiger partial charge in [0, 0.05) is 5.56 Å². The Bertz CT molecular complexity index is 732. The molecule has 3 nitrogen and oxygen atoms in total. The molecule has 0 bridgehead atoms. The average Bonchev–Trinajstić information content (AvgIpc) is 2.54. The summed E-state index contributed by atoms with van der Waals surface area (Å²) in [6, 6.07) is 17.0. The van der Waals surface area contributed by atoms with Crippen molar-refractivity contribution in [2.45, 2.75) is 13.0 Å². The molecular weight excluding hydrogens is 279 g/mol. The summed E-state index contributed by atoms with van der Waals surface area (Å²) in [4.78, 5) is 12.1. The summed E-state index contributed by atoms with van der Waals surface area (Å²) in [5.41, 5.74) is 1.01. The normalized spacial score (nSPS) is 12.3. The zero-order chi connectivity index (χ0) is 15.9. The van der Waals surface area contributed by atoms with E-state index in [-0.39, 0.29) is 17.2 Å². The number of hydrogen-bond donors (Lipinski definition) is 1. The number of nitrogens with zero attached hydrogens (tertiary/aromatic N) is 1. The summed E-state index contributed by atoms with van der Waals surface area (Å²) < 4.78 is 13.6. The summed E-state index contributed by atoms with van der Waals surface area (Å²) >= 11 is 0. The molecule has 2 aromatic rings. The largest absolute Gasteiger partial charge is 0.345 e. The lowest BCUT2D eigenvalue weighted by Crippen LogP contribution is -2.27. The van der Waals surface area contributed by atoms with E-state index in [0.29, 0.717) is 0 Å². The van der Waals surface area contributed by atoms with Crippen molar-refractivity contribution in [2.75, 3.05) is 0 Å². The number of nitrogens with one attached hydrogen (secondary N) is 1. The van der Waals surface area contributed by atoms with Crippen LogP contribution in [0.3, 0.4) is 0 Å². The van der Waals surface area contributed by atoms with E-state index in [2.05, 4.69) is 5.32 Å². The molecule has 1 N–H and O–H groups in total. The van der Waals surface area contributed by atoms with Crippen LogP contribution in [0.5, 0.6) is 0 Å². The van der Waals surface area contributed by atoms with Crippen LogP contribution in [0, 0.1) is 17.1 Å². The molecule has 0 aliphatic heterocycles. The SMILES string of the molecule is C[C@H](NC(=O)/C(C#N)=C/c1ccccc1F)c1ccccc1. The van der Waals surface area contributed by atoms with Gasteiger partial charge in [0.05, 0.1) is 6.04 Å². The van der Waals surface area contributed by atoms with Crippen molar-refractivity contribution in [1.82, 2.24) is 5.32 Å². The predicted octanol–water partition coefficient (Wildman–Crippen LogP) is 3.61. The third-order valence-electron chi connectivity index (χ3n) is 3.22. The highest BCUT2D eigenvalue weighted by Gasteiger charge is 2.14. The topological polar surface area (TPSA) is 52.9 Å². The molecule has 1 atom stereocenters. The van der Waals surface area contributed by atoms with E-state index in [1.807, 2.05) is 43.3 Å². The van der Waals surface area contributed by atoms with Crippen molar-refractivity contribution in [3.8, 4) is 6.07 Å². The van der Waals surface area contributed by atoms with Crippen LogP contribution in [0.2, 0.25) is 0 Å². The van der Waals surface area contributed by atoms with E-state index in [0.717, 1.165) is 5.56 Å². The van der Waals surface area contributed by atoms with E-state index in [1.165, 1.54) is 18.2 Å². The molecule has 0 aliphatic carbocycles. The maximum atomic E-state index is 13.6. The minimum absolute atomic E-state index is 0.132. The number of nitriles is 1. The highest BCUT2D eigenvalue weighted by atomic mass is 19.1. The maximum Gasteiger partial charge on any atom is 0.262 e. The molecule has 0 saturated heterocycles. The molecule has 0 aromatic heterocycles. The zero-order valence-electron chi connectivity index (χ0n) is 12.1. The Morgan fingerprint density at radius 2 is 1.82 bits per heavy atom. The lowest BCUT2D eigenvalue weighted by atomic mass is 10.1. The van der Waals surface area contributed by atoms with Gasteiger partial charge in [0.15, 0.2) is 0 Å². The number of rotatable bonds is 4. The molecule has 2 aromatic carbocycles. The van der Waals surface area contributed by atoms with Gasteiger partial charge in [-0.3, -0.25) is 4.79 Å². The van der Waals surface area contributed by atoms with Crippen molar-refractivity contribution < 1.29 is 9.18 Å². The van der Waals surface area contributed by atoms with Crippen molar-refractivity contribution in [3.63, 3.8) is 0 Å². The number of hydrogen-bond acceptors (Lipinski definition) is 2. The van der Waals surface area contributed by atoms with E-state index in [9.17, 15) is 9.18 Å². The lowest BCUT2D eigenvalue weighted by Gasteiger charge is -2.13. The molecule has 0 spiro atoms. The fourth-order valence-corrected chi connectivity index (χ4v) is 2.00. The number of carbonyl (C=O) groups excluding carboxylic acids is 1. The maximum absolute atomic E-state index is 13.6. The minimum atomic E-state index is -0.526. The van der Waals surface area contributed by atoms with Crippen LogP contribution in [0.15, 0.2) is 60.2 Å². The number of halogens is 1. The Kier molecular flexibility index (Phi) is 5.05. The monoisotopic (exact) mass is 294 g/mol. The first-order valence-electron chi connectivity index (χ1n) is 6.84. The zero-order valence-corrected chi connectivity index (χ0v) is 12.1. The predicted molar refractivity (Wildman–Crippen MR) is 83.0 cm³/mol. The number of benzene rings is 2. The van der Waals surface area contributed by atoms with Crippen LogP contribution < -0.4 is 5.32 Å². The van der Waals surface area contributed by atoms with Gasteiger partial charge in [0.25, 0.3) is 5.91 Å². The van der Waals surface area contributed by atoms with E-state index >= 15 is 0 Å². The molecule has 0 aliphatic rings. The van der Waals surface area contributed by atoms with Crippen LogP contribution >= 0.6 is 0 Å². The summed E-state index contributed by atoms with van der Waals surface area (Å²) in [5.74, 6) is -0.999. The number of amides is 1. The molecule has 0 fully saturated rings. The summed E-state index contributed by atoms with van der Waals surface area (Å²) in [6.45, 7) is 1.82. The van der Waals surface area contributed by atoms with Gasteiger partial charge in [-0.05, 0) is 24.6 Å². The smallest absolute Gasteiger partial charge is 0.262 e. The third-order valence-corrected chi connectivity index (χ3v) is 3.22. The molecule has 22 heavy (non-hydrogen) atoms. The second-order valence-electron chi connectivity index (χ2n) is 4.80. The van der Waals surface area contributed by atoms with Crippen LogP contribution in [-0.4, -0.2) is 5.91 Å². The van der Waals surface area contributed by atoms with Crippen molar-refractivity contribution in [1.29, 1.82) is 5.26 Å². The van der Waals surface area contributed by atoms with Crippen LogP contribution in [0.25, 0.3) is 6.08 Å². The van der Waals surface area contributed by atoms with Gasteiger partial charge in [0.2, 0.25) is 0 Å². The van der Waals surface area contributed by atoms with E-state index in [4.69, 9.17) is 5.26 Å². The Labute approximate surface area is 128 Å². The molecule has 0 heterocycles. The van der Waals surface area contributed by atoms with Gasteiger partial charge < -0.3 is 5.32 Å². The fourth-order valence-electron chi connectivity index (χ4n) is 2.00. The second kappa shape index (κ2) is 7.19. The molecule has 4 heteroatoms. The van der Waals surface area contributed by atoms with Crippen LogP contribution in [-0.2, 0) is 4.79 Å². The standard InChI is InChI=1S/C18H15FN2O/c1-13(14-7-3-2-4-8-14)21-18(22)16(12-20)11-15-9-5-6-10-17(15)19/h2-11,13H,1H3,(H,21,22)/b16-11+/t13-/m0/s1. The summed E-state index contributed by atoms with van der Waals surface area (Å²) in [5, 5.41) is 11.9. The molecule has 110 valence electrons. The average molecular weight is 294 g/mol. The third kappa shape index (κ3) is 3.80. The van der Waals surface area contributed by atoms with Crippen molar-refractivity contribution in [2.24, 2.45) is 0 Å². The van der Waals surface area contributed by atoms with Crippen LogP contribution in [0.1, 0.15) is 24.1 Å². The Balaban J connectivity index is 2.17. The fraction of sp³-hybridized carbons (Fsp3) is 0.111. The summed E-state index contributed by atoms with van der Waals surface area (Å²) in [7, 11) is 0. The molecule has 2 rings (SSSR count). The molecule has 0 saturated carbocycles. The van der Waals surface area contributed by atoms with Gasteiger partial charge in [-0.15, -0.1) is 0 Å². The van der Waals surface area contributed by atoms with Gasteiger partial charge >= 0.3 is 0 Å². The first-order valence-corrected chi connectivity index (χ1v) is 6.84. The van der Waals surface area contributed by atoms with E-state index < -0.39 is 11.7 Å². The lowest BCUT2D eigenvalue weighted by molar-refractivity contribution is -0.117. The van der Waals surface area contributed by atoms with Crippen LogP contribution in [0.4, 0.5) is 4.39 Å². The first kappa shape index (κ1) is 15.5. The van der Waals surface area contributed by atoms with E-state index in [1.54, 1.807) is 12.1 Å². The number of carbonyl (C=O) groups is 1. The van der Waals surface area contributed by atoms with Gasteiger partial charge in [-0.1, -0.05) is 48.5 Å². The van der Waals surface area contributed by atoms with Gasteiger partial charge in [-0.25, -0.2) is 4.39 Å². The Morgan fingerprint density at radius 1 is 1.18 bits per heavy atom. The first-order chi connectivity index (χ1) is 10.6. The molecule has 0 unspecified atom stereocenters. The quantitative estimate of drug-likeness (QED) is 0.692. The minimum Gasteiger partial charge on any atom is -0.345 e. The van der Waals surface area contributed by atoms with Crippen molar-refractivity contribution >= 4 is 12.0 Å². The highest BCUT2D eigenvalue weighted by Crippen LogP contribution is 2.14. The molecule has 0 radical (unpaired) electrons. The Hall–Kier alpha value is -2.93. The second-order valence-corrected chi connectivity index (χ2v) is 4.80. The van der Waals surface area contributed by atoms with Crippen molar-refractivity contribution in [3.05, 3.63) is 77.1 Å². The highest BCUT2D eigenvalue weighted by molar-refractivity contribution is 6.01.